The predicted octanol–water partition coefficient (Wildman–Crippen LogP) is 4.24. The number of hydrogen-bond acceptors (Lipinski definition) is 6. The van der Waals surface area contributed by atoms with E-state index in [0.717, 1.165) is 12.1 Å². The molecule has 2 aliphatic rings. The SMILES string of the molecule is C[C@H]1CC[C@](C)([C@@H]2CN(C(=O)c3cnco3)CCO2)C(=N)/C1=C\C(=N)c1c(F)cccc1F. The van der Waals surface area contributed by atoms with E-state index in [1.807, 2.05) is 13.8 Å². The Morgan fingerprint density at radius 3 is 2.73 bits per heavy atom. The van der Waals surface area contributed by atoms with Crippen LogP contribution in [0.2, 0.25) is 0 Å². The number of morpholine rings is 1. The molecule has 174 valence electrons. The summed E-state index contributed by atoms with van der Waals surface area (Å²) in [6.07, 6.45) is 4.89. The molecule has 1 saturated carbocycles. The summed E-state index contributed by atoms with van der Waals surface area (Å²) in [6, 6.07) is 3.48. The molecule has 1 aliphatic carbocycles. The van der Waals surface area contributed by atoms with Crippen molar-refractivity contribution in [3.8, 4) is 0 Å². The van der Waals surface area contributed by atoms with Gasteiger partial charge in [0, 0.05) is 24.2 Å². The maximum absolute atomic E-state index is 14.2. The summed E-state index contributed by atoms with van der Waals surface area (Å²) >= 11 is 0. The third-order valence-electron chi connectivity index (χ3n) is 6.73. The molecule has 0 unspecified atom stereocenters. The van der Waals surface area contributed by atoms with Gasteiger partial charge < -0.3 is 24.9 Å². The van der Waals surface area contributed by atoms with E-state index in [4.69, 9.17) is 20.0 Å². The molecule has 33 heavy (non-hydrogen) atoms. The fourth-order valence-electron chi connectivity index (χ4n) is 4.59. The molecule has 0 spiro atoms. The average molecular weight is 456 g/mol. The lowest BCUT2D eigenvalue weighted by Gasteiger charge is -2.47. The van der Waals surface area contributed by atoms with E-state index in [-0.39, 0.29) is 35.6 Å². The molecular formula is C24H26F2N4O3. The number of hydrogen-bond donors (Lipinski definition) is 2. The van der Waals surface area contributed by atoms with Crippen molar-refractivity contribution in [2.45, 2.75) is 32.8 Å². The molecular weight excluding hydrogens is 430 g/mol. The number of ether oxygens (including phenoxy) is 1. The molecule has 1 amide bonds. The zero-order valence-corrected chi connectivity index (χ0v) is 18.5. The molecule has 3 atom stereocenters. The lowest BCUT2D eigenvalue weighted by molar-refractivity contribution is -0.0662. The number of rotatable bonds is 4. The number of amides is 1. The van der Waals surface area contributed by atoms with E-state index in [1.165, 1.54) is 24.7 Å². The monoisotopic (exact) mass is 456 g/mol. The number of carbonyl (C=O) groups is 1. The molecule has 2 aromatic rings. The number of oxazole rings is 1. The van der Waals surface area contributed by atoms with Gasteiger partial charge in [-0.1, -0.05) is 19.9 Å². The van der Waals surface area contributed by atoms with Crippen LogP contribution in [-0.4, -0.2) is 53.0 Å². The van der Waals surface area contributed by atoms with Crippen LogP contribution < -0.4 is 0 Å². The summed E-state index contributed by atoms with van der Waals surface area (Å²) in [7, 11) is 0. The number of benzene rings is 1. The van der Waals surface area contributed by atoms with Crippen LogP contribution in [0.15, 0.2) is 46.9 Å². The lowest BCUT2D eigenvalue weighted by Crippen LogP contribution is -2.55. The topological polar surface area (TPSA) is 103 Å². The van der Waals surface area contributed by atoms with Crippen LogP contribution in [0.25, 0.3) is 0 Å². The Hall–Kier alpha value is -3.20. The molecule has 0 radical (unpaired) electrons. The second kappa shape index (κ2) is 8.97. The van der Waals surface area contributed by atoms with Crippen molar-refractivity contribution < 1.29 is 22.7 Å². The molecule has 1 aliphatic heterocycles. The van der Waals surface area contributed by atoms with E-state index in [9.17, 15) is 13.6 Å². The minimum absolute atomic E-state index is 0.0590. The molecule has 2 heterocycles. The van der Waals surface area contributed by atoms with Gasteiger partial charge in [0.05, 0.1) is 30.2 Å². The molecule has 0 bridgehead atoms. The van der Waals surface area contributed by atoms with Gasteiger partial charge in [0.2, 0.25) is 5.76 Å². The fraction of sp³-hybridized carbons (Fsp3) is 0.417. The van der Waals surface area contributed by atoms with Crippen molar-refractivity contribution in [1.82, 2.24) is 9.88 Å². The maximum atomic E-state index is 14.2. The molecule has 9 heteroatoms. The molecule has 1 aromatic carbocycles. The van der Waals surface area contributed by atoms with E-state index in [2.05, 4.69) is 4.98 Å². The second-order valence-corrected chi connectivity index (χ2v) is 8.82. The molecule has 7 nitrogen and oxygen atoms in total. The minimum atomic E-state index is -0.813. The second-order valence-electron chi connectivity index (χ2n) is 8.82. The third kappa shape index (κ3) is 4.25. The van der Waals surface area contributed by atoms with E-state index >= 15 is 0 Å². The summed E-state index contributed by atoms with van der Waals surface area (Å²) in [4.78, 5) is 18.2. The zero-order valence-electron chi connectivity index (χ0n) is 18.5. The van der Waals surface area contributed by atoms with Crippen LogP contribution in [0.3, 0.4) is 0 Å². The van der Waals surface area contributed by atoms with Crippen LogP contribution in [0.5, 0.6) is 0 Å². The van der Waals surface area contributed by atoms with Gasteiger partial charge >= 0.3 is 0 Å². The van der Waals surface area contributed by atoms with Crippen LogP contribution in [0.1, 0.15) is 42.8 Å². The Bertz CT molecular complexity index is 1090. The molecule has 2 fully saturated rings. The Labute approximate surface area is 190 Å². The smallest absolute Gasteiger partial charge is 0.291 e. The normalized spacial score (nSPS) is 27.1. The van der Waals surface area contributed by atoms with Crippen LogP contribution in [-0.2, 0) is 4.74 Å². The minimum Gasteiger partial charge on any atom is -0.438 e. The molecule has 4 rings (SSSR count). The summed E-state index contributed by atoms with van der Waals surface area (Å²) < 4.78 is 39.5. The summed E-state index contributed by atoms with van der Waals surface area (Å²) in [5.74, 6) is -1.82. The highest BCUT2D eigenvalue weighted by Gasteiger charge is 2.47. The van der Waals surface area contributed by atoms with Gasteiger partial charge in [0.25, 0.3) is 5.91 Å². The maximum Gasteiger partial charge on any atom is 0.291 e. The zero-order chi connectivity index (χ0) is 23.8. The van der Waals surface area contributed by atoms with Gasteiger partial charge in [-0.05, 0) is 42.5 Å². The van der Waals surface area contributed by atoms with E-state index in [0.29, 0.717) is 31.6 Å². The largest absolute Gasteiger partial charge is 0.438 e. The Morgan fingerprint density at radius 2 is 2.06 bits per heavy atom. The molecule has 1 aromatic heterocycles. The van der Waals surface area contributed by atoms with Crippen molar-refractivity contribution in [1.29, 1.82) is 10.8 Å². The number of nitrogens with one attached hydrogen (secondary N) is 2. The lowest BCUT2D eigenvalue weighted by atomic mass is 9.64. The van der Waals surface area contributed by atoms with Crippen molar-refractivity contribution >= 4 is 17.3 Å². The van der Waals surface area contributed by atoms with E-state index in [1.54, 1.807) is 4.90 Å². The summed E-state index contributed by atoms with van der Waals surface area (Å²) in [5, 5.41) is 17.3. The fourth-order valence-corrected chi connectivity index (χ4v) is 4.59. The number of halogens is 2. The van der Waals surface area contributed by atoms with Gasteiger partial charge in [0.15, 0.2) is 6.39 Å². The Morgan fingerprint density at radius 1 is 1.33 bits per heavy atom. The number of nitrogens with zero attached hydrogens (tertiary/aromatic N) is 2. The van der Waals surface area contributed by atoms with Gasteiger partial charge in [-0.25, -0.2) is 13.8 Å². The highest BCUT2D eigenvalue weighted by molar-refractivity contribution is 6.14. The first kappa shape index (κ1) is 23.0. The highest BCUT2D eigenvalue weighted by atomic mass is 19.1. The van der Waals surface area contributed by atoms with Crippen molar-refractivity contribution in [2.24, 2.45) is 11.3 Å². The average Bonchev–Trinajstić information content (AvgIpc) is 3.34. The highest BCUT2D eigenvalue weighted by Crippen LogP contribution is 2.43. The van der Waals surface area contributed by atoms with Crippen LogP contribution in [0, 0.1) is 33.8 Å². The first-order valence-electron chi connectivity index (χ1n) is 10.9. The molecule has 2 N–H and O–H groups in total. The molecule has 1 saturated heterocycles. The van der Waals surface area contributed by atoms with Crippen LogP contribution >= 0.6 is 0 Å². The van der Waals surface area contributed by atoms with Gasteiger partial charge in [0.1, 0.15) is 11.6 Å². The standard InChI is InChI=1S/C24H26F2N4O3/c1-14-6-7-24(2,20-12-30(8-9-32-20)23(31)19-11-29-13-33-19)22(28)15(14)10-18(27)21-16(25)4-3-5-17(21)26/h3-5,10-11,13-14,20,27-28H,6-9,12H2,1-2H3/b15-10-,27-18?,28-22?/t14-,20-,24+/m0/s1. The first-order chi connectivity index (χ1) is 15.7. The van der Waals surface area contributed by atoms with Crippen LogP contribution in [0.4, 0.5) is 8.78 Å². The third-order valence-corrected chi connectivity index (χ3v) is 6.73. The Kier molecular flexibility index (Phi) is 6.25. The van der Waals surface area contributed by atoms with E-state index < -0.39 is 28.7 Å². The summed E-state index contributed by atoms with van der Waals surface area (Å²) in [6.45, 7) is 4.84. The van der Waals surface area contributed by atoms with Crippen molar-refractivity contribution in [3.63, 3.8) is 0 Å². The first-order valence-corrected chi connectivity index (χ1v) is 10.9. The number of allylic oxidation sites excluding steroid dienone is 2. The number of carbonyl (C=O) groups excluding carboxylic acids is 1. The summed E-state index contributed by atoms with van der Waals surface area (Å²) in [5.41, 5.74) is -0.629. The van der Waals surface area contributed by atoms with Crippen molar-refractivity contribution in [3.05, 3.63) is 65.4 Å². The van der Waals surface area contributed by atoms with Gasteiger partial charge in [-0.2, -0.15) is 0 Å². The Balaban J connectivity index is 1.59. The predicted molar refractivity (Wildman–Crippen MR) is 118 cm³/mol. The quantitative estimate of drug-likeness (QED) is 0.672. The van der Waals surface area contributed by atoms with Crippen molar-refractivity contribution in [2.75, 3.05) is 19.7 Å². The number of aromatic nitrogens is 1. The van der Waals surface area contributed by atoms with Gasteiger partial charge in [-0.3, -0.25) is 4.79 Å². The van der Waals surface area contributed by atoms with Gasteiger partial charge in [-0.15, -0.1) is 0 Å².